The van der Waals surface area contributed by atoms with Crippen LogP contribution in [0.5, 0.6) is 11.5 Å². The van der Waals surface area contributed by atoms with Crippen molar-refractivity contribution in [1.82, 2.24) is 10.2 Å². The highest BCUT2D eigenvalue weighted by Crippen LogP contribution is 2.29. The molecule has 0 bridgehead atoms. The zero-order valence-electron chi connectivity index (χ0n) is 14.9. The molecule has 25 heavy (non-hydrogen) atoms. The van der Waals surface area contributed by atoms with Crippen LogP contribution in [-0.2, 0) is 6.54 Å². The predicted molar refractivity (Wildman–Crippen MR) is 94.4 cm³/mol. The van der Waals surface area contributed by atoms with Crippen molar-refractivity contribution in [3.63, 3.8) is 0 Å². The molecule has 0 fully saturated rings. The molecule has 1 atom stereocenters. The van der Waals surface area contributed by atoms with Crippen LogP contribution in [0.2, 0.25) is 0 Å². The fraction of sp³-hybridized carbons (Fsp3) is 0.316. The topological polar surface area (TPSA) is 50.8 Å². The number of methoxy groups -OCH3 is 2. The Bertz CT molecular complexity index is 719. The lowest BCUT2D eigenvalue weighted by atomic mass is 10.1. The Balaban J connectivity index is 2.05. The van der Waals surface area contributed by atoms with E-state index in [2.05, 4.69) is 5.32 Å². The molecule has 0 aliphatic rings. The minimum Gasteiger partial charge on any atom is -0.497 e. The van der Waals surface area contributed by atoms with Crippen molar-refractivity contribution in [2.45, 2.75) is 19.5 Å². The maximum Gasteiger partial charge on any atom is 0.317 e. The van der Waals surface area contributed by atoms with Crippen molar-refractivity contribution >= 4 is 6.03 Å². The zero-order chi connectivity index (χ0) is 18.4. The molecule has 2 aromatic rings. The summed E-state index contributed by atoms with van der Waals surface area (Å²) in [6.07, 6.45) is 0. The molecule has 134 valence electrons. The average molecular weight is 346 g/mol. The van der Waals surface area contributed by atoms with E-state index in [1.54, 1.807) is 45.5 Å². The van der Waals surface area contributed by atoms with E-state index >= 15 is 0 Å². The summed E-state index contributed by atoms with van der Waals surface area (Å²) in [5.74, 6) is 1.07. The number of hydrogen-bond donors (Lipinski definition) is 1. The Hall–Kier alpha value is -2.76. The molecule has 0 aliphatic heterocycles. The summed E-state index contributed by atoms with van der Waals surface area (Å²) in [5.41, 5.74) is 1.68. The lowest BCUT2D eigenvalue weighted by Gasteiger charge is -2.23. The van der Waals surface area contributed by atoms with Gasteiger partial charge in [0.05, 0.1) is 20.3 Å². The first-order valence-corrected chi connectivity index (χ1v) is 7.92. The fourth-order valence-corrected chi connectivity index (χ4v) is 2.49. The highest BCUT2D eigenvalue weighted by atomic mass is 19.1. The van der Waals surface area contributed by atoms with Crippen molar-refractivity contribution < 1.29 is 18.7 Å². The summed E-state index contributed by atoms with van der Waals surface area (Å²) in [4.78, 5) is 14.0. The number of nitrogens with zero attached hydrogens (tertiary/aromatic N) is 1. The van der Waals surface area contributed by atoms with Crippen LogP contribution in [0.3, 0.4) is 0 Å². The van der Waals surface area contributed by atoms with Crippen LogP contribution in [0.4, 0.5) is 9.18 Å². The molecule has 0 aliphatic carbocycles. The van der Waals surface area contributed by atoms with Gasteiger partial charge in [-0.2, -0.15) is 0 Å². The van der Waals surface area contributed by atoms with Crippen LogP contribution in [0, 0.1) is 5.82 Å². The van der Waals surface area contributed by atoms with E-state index in [9.17, 15) is 9.18 Å². The van der Waals surface area contributed by atoms with Gasteiger partial charge in [0.2, 0.25) is 0 Å². The van der Waals surface area contributed by atoms with Gasteiger partial charge in [-0.1, -0.05) is 12.1 Å². The van der Waals surface area contributed by atoms with Crippen LogP contribution in [-0.4, -0.2) is 32.2 Å². The predicted octanol–water partition coefficient (Wildman–Crippen LogP) is 3.75. The summed E-state index contributed by atoms with van der Waals surface area (Å²) in [7, 11) is 4.86. The number of amides is 2. The molecular formula is C19H23FN2O3. The van der Waals surface area contributed by atoms with E-state index in [4.69, 9.17) is 9.47 Å². The van der Waals surface area contributed by atoms with Crippen molar-refractivity contribution in [2.75, 3.05) is 21.3 Å². The third-order valence-electron chi connectivity index (χ3n) is 3.92. The Morgan fingerprint density at radius 2 is 1.84 bits per heavy atom. The third kappa shape index (κ3) is 4.86. The number of benzene rings is 2. The monoisotopic (exact) mass is 346 g/mol. The third-order valence-corrected chi connectivity index (χ3v) is 3.92. The van der Waals surface area contributed by atoms with E-state index < -0.39 is 0 Å². The van der Waals surface area contributed by atoms with Gasteiger partial charge in [0.1, 0.15) is 17.3 Å². The normalized spacial score (nSPS) is 11.6. The van der Waals surface area contributed by atoms with Crippen LogP contribution in [0.15, 0.2) is 42.5 Å². The fourth-order valence-electron chi connectivity index (χ4n) is 2.49. The molecule has 0 radical (unpaired) electrons. The van der Waals surface area contributed by atoms with Crippen LogP contribution in [0.1, 0.15) is 24.1 Å². The van der Waals surface area contributed by atoms with Crippen molar-refractivity contribution in [1.29, 1.82) is 0 Å². The number of nitrogens with one attached hydrogen (secondary N) is 1. The largest absolute Gasteiger partial charge is 0.497 e. The molecule has 0 spiro atoms. The number of carbonyl (C=O) groups is 1. The molecule has 0 saturated heterocycles. The second kappa shape index (κ2) is 8.37. The van der Waals surface area contributed by atoms with E-state index in [1.807, 2.05) is 13.0 Å². The molecule has 6 heteroatoms. The Labute approximate surface area is 147 Å². The molecular weight excluding hydrogens is 323 g/mol. The smallest absolute Gasteiger partial charge is 0.317 e. The van der Waals surface area contributed by atoms with Gasteiger partial charge in [-0.05, 0) is 42.8 Å². The maximum atomic E-state index is 13.0. The highest BCUT2D eigenvalue weighted by molar-refractivity contribution is 5.74. The van der Waals surface area contributed by atoms with Gasteiger partial charge in [0.15, 0.2) is 0 Å². The van der Waals surface area contributed by atoms with E-state index in [-0.39, 0.29) is 17.9 Å². The van der Waals surface area contributed by atoms with E-state index in [0.717, 1.165) is 11.1 Å². The Kier molecular flexibility index (Phi) is 6.22. The standard InChI is InChI=1S/C19H23FN2O3/c1-13(17-11-16(24-3)9-10-18(17)25-4)21-19(23)22(2)12-14-5-7-15(20)8-6-14/h5-11,13H,12H2,1-4H3,(H,21,23). The maximum absolute atomic E-state index is 13.0. The van der Waals surface area contributed by atoms with E-state index in [1.165, 1.54) is 17.0 Å². The van der Waals surface area contributed by atoms with E-state index in [0.29, 0.717) is 18.0 Å². The summed E-state index contributed by atoms with van der Waals surface area (Å²) >= 11 is 0. The zero-order valence-corrected chi connectivity index (χ0v) is 14.9. The minimum atomic E-state index is -0.297. The molecule has 0 aromatic heterocycles. The van der Waals surface area contributed by atoms with Gasteiger partial charge < -0.3 is 19.7 Å². The van der Waals surface area contributed by atoms with Gasteiger partial charge in [-0.3, -0.25) is 0 Å². The quantitative estimate of drug-likeness (QED) is 0.867. The van der Waals surface area contributed by atoms with Crippen LogP contribution in [0.25, 0.3) is 0 Å². The molecule has 2 aromatic carbocycles. The van der Waals surface area contributed by atoms with Crippen LogP contribution >= 0.6 is 0 Å². The van der Waals surface area contributed by atoms with Gasteiger partial charge in [-0.25, -0.2) is 9.18 Å². The number of carbonyl (C=O) groups excluding carboxylic acids is 1. The lowest BCUT2D eigenvalue weighted by molar-refractivity contribution is 0.203. The number of ether oxygens (including phenoxy) is 2. The Morgan fingerprint density at radius 1 is 1.16 bits per heavy atom. The first kappa shape index (κ1) is 18.6. The number of hydrogen-bond acceptors (Lipinski definition) is 3. The average Bonchev–Trinajstić information content (AvgIpc) is 2.62. The number of urea groups is 1. The molecule has 5 nitrogen and oxygen atoms in total. The van der Waals surface area contributed by atoms with Gasteiger partial charge in [-0.15, -0.1) is 0 Å². The summed E-state index contributed by atoms with van der Waals surface area (Å²) < 4.78 is 23.6. The van der Waals surface area contributed by atoms with Gasteiger partial charge in [0, 0.05) is 19.2 Å². The first-order chi connectivity index (χ1) is 11.9. The first-order valence-electron chi connectivity index (χ1n) is 7.92. The summed E-state index contributed by atoms with van der Waals surface area (Å²) in [6, 6.07) is 11.0. The minimum absolute atomic E-state index is 0.235. The molecule has 2 amide bonds. The Morgan fingerprint density at radius 3 is 2.44 bits per heavy atom. The molecule has 0 saturated carbocycles. The van der Waals surface area contributed by atoms with Crippen molar-refractivity contribution in [3.8, 4) is 11.5 Å². The van der Waals surface area contributed by atoms with Crippen LogP contribution < -0.4 is 14.8 Å². The second-order valence-electron chi connectivity index (χ2n) is 5.76. The summed E-state index contributed by atoms with van der Waals surface area (Å²) in [5, 5.41) is 2.93. The number of halogens is 1. The highest BCUT2D eigenvalue weighted by Gasteiger charge is 2.17. The van der Waals surface area contributed by atoms with Gasteiger partial charge in [0.25, 0.3) is 0 Å². The molecule has 1 N–H and O–H groups in total. The SMILES string of the molecule is COc1ccc(OC)c(C(C)NC(=O)N(C)Cc2ccc(F)cc2)c1. The summed E-state index contributed by atoms with van der Waals surface area (Å²) in [6.45, 7) is 2.26. The molecule has 1 unspecified atom stereocenters. The number of rotatable bonds is 6. The lowest BCUT2D eigenvalue weighted by Crippen LogP contribution is -2.38. The van der Waals surface area contributed by atoms with Crippen molar-refractivity contribution in [3.05, 3.63) is 59.4 Å². The van der Waals surface area contributed by atoms with Gasteiger partial charge >= 0.3 is 6.03 Å². The van der Waals surface area contributed by atoms with Crippen molar-refractivity contribution in [2.24, 2.45) is 0 Å². The second-order valence-corrected chi connectivity index (χ2v) is 5.76. The molecule has 0 heterocycles. The molecule has 2 rings (SSSR count).